The lowest BCUT2D eigenvalue weighted by atomic mass is 10.2. The minimum Gasteiger partial charge on any atom is -0.382 e. The Morgan fingerprint density at radius 1 is 1.61 bits per heavy atom. The number of nitrogens with zero attached hydrogens (tertiary/aromatic N) is 4. The zero-order chi connectivity index (χ0) is 13.1. The lowest BCUT2D eigenvalue weighted by Crippen LogP contribution is -2.39. The van der Waals surface area contributed by atoms with Crippen LogP contribution in [0.5, 0.6) is 0 Å². The third-order valence-electron chi connectivity index (χ3n) is 3.38. The Kier molecular flexibility index (Phi) is 3.76. The summed E-state index contributed by atoms with van der Waals surface area (Å²) in [5, 5.41) is 0. The van der Waals surface area contributed by atoms with E-state index >= 15 is 0 Å². The van der Waals surface area contributed by atoms with Gasteiger partial charge in [-0.3, -0.25) is 9.78 Å². The molecule has 1 atom stereocenters. The lowest BCUT2D eigenvalue weighted by molar-refractivity contribution is 0.0755. The molecule has 1 amide bonds. The summed E-state index contributed by atoms with van der Waals surface area (Å²) in [6.07, 6.45) is 5.22. The van der Waals surface area contributed by atoms with Gasteiger partial charge >= 0.3 is 0 Å². The maximum Gasteiger partial charge on any atom is 0.273 e. The first-order valence-electron chi connectivity index (χ1n) is 6.11. The van der Waals surface area contributed by atoms with Gasteiger partial charge in [0.1, 0.15) is 11.5 Å². The van der Waals surface area contributed by atoms with Crippen LogP contribution < -0.4 is 5.73 Å². The number of likely N-dealkylation sites (tertiary alicyclic amines) is 1. The predicted molar refractivity (Wildman–Crippen MR) is 69.1 cm³/mol. The summed E-state index contributed by atoms with van der Waals surface area (Å²) in [5.74, 6) is 0.141. The summed E-state index contributed by atoms with van der Waals surface area (Å²) in [5.41, 5.74) is 5.83. The summed E-state index contributed by atoms with van der Waals surface area (Å²) < 4.78 is 0. The van der Waals surface area contributed by atoms with Crippen molar-refractivity contribution in [1.82, 2.24) is 19.8 Å². The van der Waals surface area contributed by atoms with Crippen LogP contribution in [0, 0.1) is 0 Å². The Morgan fingerprint density at radius 2 is 2.39 bits per heavy atom. The van der Waals surface area contributed by atoms with Gasteiger partial charge in [0.2, 0.25) is 0 Å². The highest BCUT2D eigenvalue weighted by Gasteiger charge is 2.24. The van der Waals surface area contributed by atoms with Gasteiger partial charge in [-0.05, 0) is 26.4 Å². The molecule has 1 aromatic heterocycles. The zero-order valence-electron chi connectivity index (χ0n) is 10.8. The average molecular weight is 249 g/mol. The molecule has 2 rings (SSSR count). The maximum absolute atomic E-state index is 12.1. The van der Waals surface area contributed by atoms with E-state index in [1.807, 2.05) is 0 Å². The molecule has 0 radical (unpaired) electrons. The molecule has 98 valence electrons. The minimum absolute atomic E-state index is 0.130. The first kappa shape index (κ1) is 12.8. The first-order chi connectivity index (χ1) is 8.58. The molecule has 2 N–H and O–H groups in total. The highest BCUT2D eigenvalue weighted by molar-refractivity contribution is 5.92. The second-order valence-corrected chi connectivity index (χ2v) is 4.79. The van der Waals surface area contributed by atoms with Crippen LogP contribution in [0.25, 0.3) is 0 Å². The van der Waals surface area contributed by atoms with Crippen LogP contribution >= 0.6 is 0 Å². The van der Waals surface area contributed by atoms with Crippen LogP contribution in [0.3, 0.4) is 0 Å². The van der Waals surface area contributed by atoms with Crippen molar-refractivity contribution in [2.45, 2.75) is 18.9 Å². The molecule has 1 unspecified atom stereocenters. The van der Waals surface area contributed by atoms with Crippen molar-refractivity contribution in [3.8, 4) is 0 Å². The molecule has 6 nitrogen and oxygen atoms in total. The van der Waals surface area contributed by atoms with Crippen LogP contribution in [-0.2, 0) is 0 Å². The van der Waals surface area contributed by atoms with E-state index < -0.39 is 0 Å². The third kappa shape index (κ3) is 2.76. The fraction of sp³-hybridized carbons (Fsp3) is 0.583. The SMILES string of the molecule is CN(CC1CCCN1C)C(=O)c1cncc(N)n1. The molecule has 0 aliphatic carbocycles. The molecular weight excluding hydrogens is 230 g/mol. The van der Waals surface area contributed by atoms with E-state index in [1.165, 1.54) is 18.8 Å². The lowest BCUT2D eigenvalue weighted by Gasteiger charge is -2.25. The number of anilines is 1. The number of carbonyl (C=O) groups excluding carboxylic acids is 1. The number of aromatic nitrogens is 2. The average Bonchev–Trinajstić information content (AvgIpc) is 2.74. The third-order valence-corrected chi connectivity index (χ3v) is 3.38. The van der Waals surface area contributed by atoms with Crippen molar-refractivity contribution in [3.05, 3.63) is 18.1 Å². The van der Waals surface area contributed by atoms with Crippen molar-refractivity contribution in [2.75, 3.05) is 32.9 Å². The number of likely N-dealkylation sites (N-methyl/N-ethyl adjacent to an activating group) is 2. The number of hydrogen-bond acceptors (Lipinski definition) is 5. The molecule has 1 saturated heterocycles. The van der Waals surface area contributed by atoms with Crippen molar-refractivity contribution < 1.29 is 4.79 Å². The highest BCUT2D eigenvalue weighted by atomic mass is 16.2. The number of amides is 1. The van der Waals surface area contributed by atoms with E-state index in [4.69, 9.17) is 5.73 Å². The van der Waals surface area contributed by atoms with Crippen molar-refractivity contribution >= 4 is 11.7 Å². The van der Waals surface area contributed by atoms with Gasteiger partial charge in [-0.25, -0.2) is 4.98 Å². The molecule has 0 aromatic carbocycles. The van der Waals surface area contributed by atoms with Crippen molar-refractivity contribution in [2.24, 2.45) is 0 Å². The van der Waals surface area contributed by atoms with E-state index in [-0.39, 0.29) is 11.7 Å². The fourth-order valence-corrected chi connectivity index (χ4v) is 2.29. The Hall–Kier alpha value is -1.69. The second-order valence-electron chi connectivity index (χ2n) is 4.79. The van der Waals surface area contributed by atoms with Crippen LogP contribution in [0.4, 0.5) is 5.82 Å². The molecule has 1 fully saturated rings. The monoisotopic (exact) mass is 249 g/mol. The molecule has 2 heterocycles. The molecule has 6 heteroatoms. The molecule has 0 spiro atoms. The molecule has 18 heavy (non-hydrogen) atoms. The second kappa shape index (κ2) is 5.30. The van der Waals surface area contributed by atoms with E-state index in [2.05, 4.69) is 21.9 Å². The summed E-state index contributed by atoms with van der Waals surface area (Å²) in [7, 11) is 3.88. The van der Waals surface area contributed by atoms with E-state index in [1.54, 1.807) is 11.9 Å². The fourth-order valence-electron chi connectivity index (χ4n) is 2.29. The smallest absolute Gasteiger partial charge is 0.273 e. The number of nitrogens with two attached hydrogens (primary N) is 1. The number of nitrogen functional groups attached to an aromatic ring is 1. The van der Waals surface area contributed by atoms with Gasteiger partial charge in [0, 0.05) is 19.6 Å². The van der Waals surface area contributed by atoms with Gasteiger partial charge in [0.05, 0.1) is 12.4 Å². The summed E-state index contributed by atoms with van der Waals surface area (Å²) >= 11 is 0. The molecule has 1 aliphatic heterocycles. The van der Waals surface area contributed by atoms with Crippen LogP contribution in [0.15, 0.2) is 12.4 Å². The number of hydrogen-bond donors (Lipinski definition) is 1. The van der Waals surface area contributed by atoms with Gasteiger partial charge in [-0.15, -0.1) is 0 Å². The van der Waals surface area contributed by atoms with Gasteiger partial charge < -0.3 is 15.5 Å². The van der Waals surface area contributed by atoms with Crippen LogP contribution in [0.2, 0.25) is 0 Å². The van der Waals surface area contributed by atoms with Gasteiger partial charge in [0.25, 0.3) is 5.91 Å². The number of rotatable bonds is 3. The predicted octanol–water partition coefficient (Wildman–Crippen LogP) is 0.225. The Bertz CT molecular complexity index is 436. The first-order valence-corrected chi connectivity index (χ1v) is 6.11. The molecule has 1 aromatic rings. The molecule has 0 saturated carbocycles. The largest absolute Gasteiger partial charge is 0.382 e. The Balaban J connectivity index is 2.00. The topological polar surface area (TPSA) is 75.3 Å². The highest BCUT2D eigenvalue weighted by Crippen LogP contribution is 2.16. The van der Waals surface area contributed by atoms with Gasteiger partial charge in [-0.2, -0.15) is 0 Å². The maximum atomic E-state index is 12.1. The van der Waals surface area contributed by atoms with E-state index in [9.17, 15) is 4.79 Å². The van der Waals surface area contributed by atoms with Gasteiger partial charge in [0.15, 0.2) is 0 Å². The molecule has 0 bridgehead atoms. The summed E-state index contributed by atoms with van der Waals surface area (Å²) in [6, 6.07) is 0.438. The minimum atomic E-state index is -0.130. The number of carbonyl (C=O) groups is 1. The summed E-state index contributed by atoms with van der Waals surface area (Å²) in [4.78, 5) is 24.0. The molecule has 1 aliphatic rings. The normalized spacial score (nSPS) is 20.0. The summed E-state index contributed by atoms with van der Waals surface area (Å²) in [6.45, 7) is 1.82. The van der Waals surface area contributed by atoms with Crippen LogP contribution in [0.1, 0.15) is 23.3 Å². The quantitative estimate of drug-likeness (QED) is 0.829. The van der Waals surface area contributed by atoms with E-state index in [0.29, 0.717) is 18.3 Å². The Labute approximate surface area is 107 Å². The van der Waals surface area contributed by atoms with Gasteiger partial charge in [-0.1, -0.05) is 0 Å². The standard InChI is InChI=1S/C12H19N5O/c1-16-5-3-4-9(16)8-17(2)12(18)10-6-14-7-11(13)15-10/h6-7,9H,3-5,8H2,1-2H3,(H2,13,15). The zero-order valence-corrected chi connectivity index (χ0v) is 10.8. The van der Waals surface area contributed by atoms with Crippen LogP contribution in [-0.4, -0.2) is 58.9 Å². The van der Waals surface area contributed by atoms with Crippen molar-refractivity contribution in [1.29, 1.82) is 0 Å². The molecular formula is C12H19N5O. The van der Waals surface area contributed by atoms with E-state index in [0.717, 1.165) is 13.0 Å². The van der Waals surface area contributed by atoms with Crippen molar-refractivity contribution in [3.63, 3.8) is 0 Å². The Morgan fingerprint density at radius 3 is 3.00 bits per heavy atom.